The van der Waals surface area contributed by atoms with E-state index in [-0.39, 0.29) is 0 Å². The first-order chi connectivity index (χ1) is 10.7. The monoisotopic (exact) mass is 340 g/mol. The van der Waals surface area contributed by atoms with E-state index in [1.165, 1.54) is 0 Å². The van der Waals surface area contributed by atoms with Crippen LogP contribution in [0, 0.1) is 0 Å². The maximum absolute atomic E-state index is 10.7. The van der Waals surface area contributed by atoms with Gasteiger partial charge in [0.15, 0.2) is 0 Å². The molecule has 10 atom stereocenters. The molecule has 23 heavy (non-hydrogen) atoms. The van der Waals surface area contributed by atoms with Crippen LogP contribution in [0.2, 0.25) is 0 Å². The average Bonchev–Trinajstić information content (AvgIpc) is 2.54. The highest BCUT2D eigenvalue weighted by Crippen LogP contribution is 2.35. The smallest absolute Gasteiger partial charge is 0.212 e. The number of aliphatic hydroxyl groups is 7. The van der Waals surface area contributed by atoms with Crippen molar-refractivity contribution in [1.82, 2.24) is 0 Å². The van der Waals surface area contributed by atoms with Crippen molar-refractivity contribution in [3.63, 3.8) is 0 Å². The largest absolute Gasteiger partial charge is 0.394 e. The molecule has 136 valence electrons. The zero-order chi connectivity index (χ0) is 17.5. The molecule has 2 heterocycles. The first kappa shape index (κ1) is 18.9. The van der Waals surface area contributed by atoms with Crippen molar-refractivity contribution in [1.29, 1.82) is 0 Å². The van der Waals surface area contributed by atoms with Crippen LogP contribution in [-0.2, 0) is 9.47 Å². The van der Waals surface area contributed by atoms with Crippen LogP contribution in [0.4, 0.5) is 0 Å². The molecular weight excluding hydrogens is 316 g/mol. The van der Waals surface area contributed by atoms with Gasteiger partial charge in [-0.2, -0.15) is 0 Å². The fourth-order valence-corrected chi connectivity index (χ4v) is 2.98. The van der Waals surface area contributed by atoms with E-state index in [2.05, 4.69) is 0 Å². The van der Waals surface area contributed by atoms with Gasteiger partial charge in [0, 0.05) is 0 Å². The first-order valence-electron chi connectivity index (χ1n) is 7.19. The Balaban J connectivity index is 2.33. The molecule has 2 aliphatic heterocycles. The molecule has 2 unspecified atom stereocenters. The third kappa shape index (κ3) is 2.99. The number of aliphatic hydroxyl groups excluding tert-OH is 6. The second-order valence-corrected chi connectivity index (χ2v) is 5.93. The maximum Gasteiger partial charge on any atom is 0.212 e. The van der Waals surface area contributed by atoms with Crippen molar-refractivity contribution in [3.8, 4) is 0 Å². The second kappa shape index (κ2) is 6.82. The minimum atomic E-state index is -2.47. The van der Waals surface area contributed by atoms with E-state index in [9.17, 15) is 35.7 Å². The lowest BCUT2D eigenvalue weighted by molar-refractivity contribution is -0.370. The van der Waals surface area contributed by atoms with E-state index in [1.54, 1.807) is 0 Å². The van der Waals surface area contributed by atoms with E-state index >= 15 is 0 Å². The van der Waals surface area contributed by atoms with Gasteiger partial charge < -0.3 is 56.7 Å². The van der Waals surface area contributed by atoms with E-state index in [0.717, 1.165) is 0 Å². The van der Waals surface area contributed by atoms with E-state index in [0.29, 0.717) is 0 Å². The standard InChI is InChI=1S/C12H24N2O9/c13-5-8(19)6(17)3(1-15)22-11(5)12(21)10(14)9(20)7(18)4(2-16)23-12/h3-11,15-21H,1-2,13-14H2/t3-,4-,5-,6-,7-,8-,9+,10-,11?,12?/m1/s1. The fraction of sp³-hybridized carbons (Fsp3) is 1.00. The van der Waals surface area contributed by atoms with Gasteiger partial charge in [-0.05, 0) is 0 Å². The predicted molar refractivity (Wildman–Crippen MR) is 72.6 cm³/mol. The molecule has 11 heteroatoms. The van der Waals surface area contributed by atoms with Gasteiger partial charge in [0.1, 0.15) is 42.7 Å². The molecule has 0 radical (unpaired) electrons. The highest BCUT2D eigenvalue weighted by Gasteiger charge is 2.61. The van der Waals surface area contributed by atoms with Crippen LogP contribution >= 0.6 is 0 Å². The third-order valence-electron chi connectivity index (χ3n) is 4.48. The van der Waals surface area contributed by atoms with Crippen molar-refractivity contribution in [3.05, 3.63) is 0 Å². The summed E-state index contributed by atoms with van der Waals surface area (Å²) >= 11 is 0. The van der Waals surface area contributed by atoms with Crippen LogP contribution < -0.4 is 11.5 Å². The molecule has 2 aliphatic rings. The van der Waals surface area contributed by atoms with E-state index in [1.807, 2.05) is 0 Å². The van der Waals surface area contributed by atoms with Crippen LogP contribution in [0.3, 0.4) is 0 Å². The molecule has 0 aromatic carbocycles. The highest BCUT2D eigenvalue weighted by atomic mass is 16.7. The Labute approximate surface area is 131 Å². The van der Waals surface area contributed by atoms with Crippen LogP contribution in [0.5, 0.6) is 0 Å². The van der Waals surface area contributed by atoms with Crippen molar-refractivity contribution in [2.75, 3.05) is 13.2 Å². The van der Waals surface area contributed by atoms with Gasteiger partial charge in [-0.1, -0.05) is 0 Å². The lowest BCUT2D eigenvalue weighted by atomic mass is 9.81. The Morgan fingerprint density at radius 2 is 1.35 bits per heavy atom. The number of ether oxygens (including phenoxy) is 2. The quantitative estimate of drug-likeness (QED) is 0.236. The fourth-order valence-electron chi connectivity index (χ4n) is 2.98. The van der Waals surface area contributed by atoms with Crippen LogP contribution in [-0.4, -0.2) is 110 Å². The summed E-state index contributed by atoms with van der Waals surface area (Å²) in [6, 6.07) is -2.95. The third-order valence-corrected chi connectivity index (χ3v) is 4.48. The van der Waals surface area contributed by atoms with Crippen LogP contribution in [0.15, 0.2) is 0 Å². The normalized spacial score (nSPS) is 54.9. The molecule has 2 saturated heterocycles. The summed E-state index contributed by atoms with van der Waals surface area (Å²) in [7, 11) is 0. The van der Waals surface area contributed by atoms with Gasteiger partial charge in [0.25, 0.3) is 0 Å². The van der Waals surface area contributed by atoms with E-state index < -0.39 is 73.8 Å². The first-order valence-corrected chi connectivity index (χ1v) is 7.19. The summed E-state index contributed by atoms with van der Waals surface area (Å²) in [4.78, 5) is 0. The number of hydrogen-bond donors (Lipinski definition) is 9. The summed E-state index contributed by atoms with van der Waals surface area (Å²) in [5.74, 6) is -2.47. The summed E-state index contributed by atoms with van der Waals surface area (Å²) < 4.78 is 10.5. The van der Waals surface area contributed by atoms with E-state index in [4.69, 9.17) is 20.9 Å². The second-order valence-electron chi connectivity index (χ2n) is 5.93. The van der Waals surface area contributed by atoms with Gasteiger partial charge in [0.2, 0.25) is 5.79 Å². The minimum Gasteiger partial charge on any atom is -0.394 e. The molecule has 2 rings (SSSR count). The SMILES string of the molecule is N[C@@H]1[C@@H](O)[C@H](O)[C@@H](CO)OC1(O)C1O[C@H](CO)[C@@H](O)[C@H](O)[C@H]1N. The molecule has 0 aliphatic carbocycles. The molecule has 2 fully saturated rings. The lowest BCUT2D eigenvalue weighted by Gasteiger charge is -2.53. The number of nitrogens with two attached hydrogens (primary N) is 2. The van der Waals surface area contributed by atoms with Gasteiger partial charge >= 0.3 is 0 Å². The molecule has 0 spiro atoms. The van der Waals surface area contributed by atoms with Gasteiger partial charge in [-0.25, -0.2) is 0 Å². The Morgan fingerprint density at radius 1 is 0.826 bits per heavy atom. The van der Waals surface area contributed by atoms with Crippen molar-refractivity contribution in [2.45, 2.75) is 60.6 Å². The molecule has 0 aromatic heterocycles. The zero-order valence-electron chi connectivity index (χ0n) is 12.2. The lowest BCUT2D eigenvalue weighted by Crippen LogP contribution is -2.78. The molecule has 0 aromatic rings. The summed E-state index contributed by atoms with van der Waals surface area (Å²) in [5.41, 5.74) is 11.5. The maximum atomic E-state index is 10.7. The Kier molecular flexibility index (Phi) is 5.60. The van der Waals surface area contributed by atoms with Crippen LogP contribution in [0.1, 0.15) is 0 Å². The van der Waals surface area contributed by atoms with Crippen molar-refractivity contribution >= 4 is 0 Å². The molecule has 11 N–H and O–H groups in total. The highest BCUT2D eigenvalue weighted by molar-refractivity contribution is 5.08. The van der Waals surface area contributed by atoms with Gasteiger partial charge in [-0.15, -0.1) is 0 Å². The Morgan fingerprint density at radius 3 is 1.87 bits per heavy atom. The minimum absolute atomic E-state index is 0.679. The number of rotatable bonds is 3. The number of hydrogen-bond acceptors (Lipinski definition) is 11. The van der Waals surface area contributed by atoms with Crippen molar-refractivity contribution < 1.29 is 45.2 Å². The summed E-state index contributed by atoms with van der Waals surface area (Å²) in [6.07, 6.45) is -10.5. The van der Waals surface area contributed by atoms with Gasteiger partial charge in [0.05, 0.1) is 25.3 Å². The Hall–Kier alpha value is -0.440. The summed E-state index contributed by atoms with van der Waals surface area (Å²) in [6.45, 7) is -1.41. The predicted octanol–water partition coefficient (Wildman–Crippen LogP) is -6.08. The van der Waals surface area contributed by atoms with Crippen molar-refractivity contribution in [2.24, 2.45) is 11.5 Å². The molecule has 0 bridgehead atoms. The zero-order valence-corrected chi connectivity index (χ0v) is 12.2. The molecule has 0 saturated carbocycles. The van der Waals surface area contributed by atoms with Gasteiger partial charge in [-0.3, -0.25) is 0 Å². The molecule has 0 amide bonds. The Bertz CT molecular complexity index is 412. The topological polar surface area (TPSA) is 212 Å². The summed E-state index contributed by atoms with van der Waals surface area (Å²) in [5, 5.41) is 68.6. The molecule has 11 nitrogen and oxygen atoms in total. The molecular formula is C12H24N2O9. The van der Waals surface area contributed by atoms with Crippen LogP contribution in [0.25, 0.3) is 0 Å². The average molecular weight is 340 g/mol.